The largest absolute Gasteiger partial charge is 0.492 e. The first-order valence-corrected chi connectivity index (χ1v) is 10.8. The summed E-state index contributed by atoms with van der Waals surface area (Å²) in [4.78, 5) is 4.47. The third kappa shape index (κ3) is 7.82. The van der Waals surface area contributed by atoms with Gasteiger partial charge < -0.3 is 15.4 Å². The first-order valence-electron chi connectivity index (χ1n) is 9.30. The predicted molar refractivity (Wildman–Crippen MR) is 125 cm³/mol. The van der Waals surface area contributed by atoms with Crippen LogP contribution in [0.5, 0.6) is 5.75 Å². The minimum absolute atomic E-state index is 0. The van der Waals surface area contributed by atoms with Crippen molar-refractivity contribution in [3.05, 3.63) is 60.2 Å². The summed E-state index contributed by atoms with van der Waals surface area (Å²) in [5, 5.41) is 6.39. The van der Waals surface area contributed by atoms with Crippen LogP contribution in [-0.2, 0) is 16.6 Å². The molecule has 158 valence electrons. The molecule has 7 nitrogen and oxygen atoms in total. The first-order chi connectivity index (χ1) is 13.6. The number of benzene rings is 2. The monoisotopic (exact) mass is 530 g/mol. The van der Waals surface area contributed by atoms with E-state index >= 15 is 0 Å². The van der Waals surface area contributed by atoms with E-state index in [1.165, 1.54) is 0 Å². The quantitative estimate of drug-likeness (QED) is 0.201. The maximum absolute atomic E-state index is 12.2. The molecule has 1 saturated carbocycles. The summed E-state index contributed by atoms with van der Waals surface area (Å²) in [6.07, 6.45) is 1.84. The van der Waals surface area contributed by atoms with Gasteiger partial charge in [-0.05, 0) is 42.7 Å². The number of aliphatic imine (C=N–C) groups is 1. The van der Waals surface area contributed by atoms with Crippen molar-refractivity contribution in [3.8, 4) is 5.75 Å². The molecule has 2 aromatic carbocycles. The van der Waals surface area contributed by atoms with Crippen molar-refractivity contribution in [3.63, 3.8) is 0 Å². The molecule has 0 heterocycles. The van der Waals surface area contributed by atoms with Gasteiger partial charge in [0, 0.05) is 19.6 Å². The number of nitrogens with one attached hydrogen (secondary N) is 3. The van der Waals surface area contributed by atoms with Gasteiger partial charge in [-0.2, -0.15) is 0 Å². The molecule has 1 aliphatic rings. The van der Waals surface area contributed by atoms with E-state index in [0.717, 1.165) is 24.2 Å². The van der Waals surface area contributed by atoms with Crippen molar-refractivity contribution in [1.82, 2.24) is 15.4 Å². The highest BCUT2D eigenvalue weighted by molar-refractivity contribution is 14.0. The van der Waals surface area contributed by atoms with Gasteiger partial charge in [0.1, 0.15) is 12.4 Å². The molecule has 0 aliphatic heterocycles. The summed E-state index contributed by atoms with van der Waals surface area (Å²) in [6.45, 7) is 1.67. The number of guanidine groups is 1. The van der Waals surface area contributed by atoms with Gasteiger partial charge in [-0.3, -0.25) is 4.99 Å². The lowest BCUT2D eigenvalue weighted by Crippen LogP contribution is -2.38. The van der Waals surface area contributed by atoms with Gasteiger partial charge in [0.05, 0.1) is 11.4 Å². The number of rotatable bonds is 9. The Kier molecular flexibility index (Phi) is 9.18. The standard InChI is InChI=1S/C20H26N4O3S.HI/c1-21-20(22-13-14-27-18-5-3-2-4-6-18)23-15-16-7-11-19(12-8-16)28(25,26)24-17-9-10-17;/h2-8,11-12,17,24H,9-10,13-15H2,1H3,(H2,21,22,23);1H. The van der Waals surface area contributed by atoms with Gasteiger partial charge in [0.2, 0.25) is 10.0 Å². The molecule has 0 atom stereocenters. The van der Waals surface area contributed by atoms with Crippen molar-refractivity contribution in [2.75, 3.05) is 20.2 Å². The number of nitrogens with zero attached hydrogens (tertiary/aromatic N) is 1. The van der Waals surface area contributed by atoms with E-state index in [-0.39, 0.29) is 30.0 Å². The molecule has 0 spiro atoms. The Labute approximate surface area is 189 Å². The molecule has 29 heavy (non-hydrogen) atoms. The van der Waals surface area contributed by atoms with Crippen LogP contribution in [0.2, 0.25) is 0 Å². The number of sulfonamides is 1. The van der Waals surface area contributed by atoms with Crippen molar-refractivity contribution < 1.29 is 13.2 Å². The Hall–Kier alpha value is -1.85. The van der Waals surface area contributed by atoms with E-state index in [4.69, 9.17) is 4.74 Å². The van der Waals surface area contributed by atoms with E-state index in [1.54, 1.807) is 31.3 Å². The number of hydrogen-bond acceptors (Lipinski definition) is 4. The lowest BCUT2D eigenvalue weighted by Gasteiger charge is -2.13. The van der Waals surface area contributed by atoms with Crippen LogP contribution < -0.4 is 20.1 Å². The van der Waals surface area contributed by atoms with Crippen LogP contribution in [0.25, 0.3) is 0 Å². The van der Waals surface area contributed by atoms with Gasteiger partial charge in [0.15, 0.2) is 5.96 Å². The van der Waals surface area contributed by atoms with Crippen molar-refractivity contribution in [1.29, 1.82) is 0 Å². The summed E-state index contributed by atoms with van der Waals surface area (Å²) in [7, 11) is -1.71. The van der Waals surface area contributed by atoms with E-state index < -0.39 is 10.0 Å². The van der Waals surface area contributed by atoms with Crippen molar-refractivity contribution >= 4 is 40.0 Å². The smallest absolute Gasteiger partial charge is 0.240 e. The molecule has 0 aromatic heterocycles. The summed E-state index contributed by atoms with van der Waals surface area (Å²) >= 11 is 0. The third-order valence-corrected chi connectivity index (χ3v) is 5.76. The van der Waals surface area contributed by atoms with Crippen LogP contribution in [0.3, 0.4) is 0 Å². The second kappa shape index (κ2) is 11.4. The fourth-order valence-electron chi connectivity index (χ4n) is 2.54. The number of hydrogen-bond donors (Lipinski definition) is 3. The van der Waals surface area contributed by atoms with Gasteiger partial charge in [-0.1, -0.05) is 30.3 Å². The second-order valence-corrected chi connectivity index (χ2v) is 8.27. The highest BCUT2D eigenvalue weighted by Gasteiger charge is 2.27. The Morgan fingerprint density at radius 2 is 1.76 bits per heavy atom. The molecular weight excluding hydrogens is 503 g/mol. The maximum Gasteiger partial charge on any atom is 0.240 e. The van der Waals surface area contributed by atoms with Crippen molar-refractivity contribution in [2.45, 2.75) is 30.3 Å². The number of para-hydroxylation sites is 1. The molecule has 9 heteroatoms. The molecule has 0 saturated heterocycles. The average Bonchev–Trinajstić information content (AvgIpc) is 3.52. The molecule has 0 amide bonds. The highest BCUT2D eigenvalue weighted by Crippen LogP contribution is 2.22. The Bertz CT molecular complexity index is 886. The van der Waals surface area contributed by atoms with E-state index in [0.29, 0.717) is 30.6 Å². The molecule has 0 unspecified atom stereocenters. The van der Waals surface area contributed by atoms with Gasteiger partial charge in [-0.25, -0.2) is 13.1 Å². The average molecular weight is 530 g/mol. The fourth-order valence-corrected chi connectivity index (χ4v) is 3.84. The van der Waals surface area contributed by atoms with Gasteiger partial charge in [-0.15, -0.1) is 24.0 Å². The Morgan fingerprint density at radius 3 is 2.38 bits per heavy atom. The third-order valence-electron chi connectivity index (χ3n) is 4.22. The lowest BCUT2D eigenvalue weighted by atomic mass is 10.2. The van der Waals surface area contributed by atoms with Crippen LogP contribution in [0, 0.1) is 0 Å². The summed E-state index contributed by atoms with van der Waals surface area (Å²) < 4.78 is 32.7. The number of halogens is 1. The van der Waals surface area contributed by atoms with Crippen LogP contribution in [-0.4, -0.2) is 40.6 Å². The zero-order chi connectivity index (χ0) is 19.8. The fraction of sp³-hybridized carbons (Fsp3) is 0.350. The van der Waals surface area contributed by atoms with E-state index in [2.05, 4.69) is 20.3 Å². The Balaban J connectivity index is 0.00000300. The number of ether oxygens (including phenoxy) is 1. The second-order valence-electron chi connectivity index (χ2n) is 6.55. The maximum atomic E-state index is 12.2. The van der Waals surface area contributed by atoms with Crippen LogP contribution in [0.4, 0.5) is 0 Å². The zero-order valence-electron chi connectivity index (χ0n) is 16.3. The van der Waals surface area contributed by atoms with Crippen LogP contribution in [0.15, 0.2) is 64.5 Å². The molecule has 1 aliphatic carbocycles. The molecule has 1 fully saturated rings. The van der Waals surface area contributed by atoms with Gasteiger partial charge in [0.25, 0.3) is 0 Å². The first kappa shape index (κ1) is 23.4. The van der Waals surface area contributed by atoms with E-state index in [9.17, 15) is 8.42 Å². The molecule has 0 bridgehead atoms. The highest BCUT2D eigenvalue weighted by atomic mass is 127. The van der Waals surface area contributed by atoms with Crippen LogP contribution in [0.1, 0.15) is 18.4 Å². The summed E-state index contributed by atoms with van der Waals surface area (Å²) in [5.41, 5.74) is 0.967. The summed E-state index contributed by atoms with van der Waals surface area (Å²) in [5.74, 6) is 1.49. The van der Waals surface area contributed by atoms with Crippen molar-refractivity contribution in [2.24, 2.45) is 4.99 Å². The normalized spacial score (nSPS) is 14.0. The predicted octanol–water partition coefficient (Wildman–Crippen LogP) is 2.49. The topological polar surface area (TPSA) is 91.8 Å². The summed E-state index contributed by atoms with van der Waals surface area (Å²) in [6, 6.07) is 16.6. The molecule has 2 aromatic rings. The molecular formula is C20H27IN4O3S. The Morgan fingerprint density at radius 1 is 1.07 bits per heavy atom. The van der Waals surface area contributed by atoms with Crippen LogP contribution >= 0.6 is 24.0 Å². The lowest BCUT2D eigenvalue weighted by molar-refractivity contribution is 0.322. The van der Waals surface area contributed by atoms with Gasteiger partial charge >= 0.3 is 0 Å². The molecule has 0 radical (unpaired) electrons. The SMILES string of the molecule is CN=C(NCCOc1ccccc1)NCc1ccc(S(=O)(=O)NC2CC2)cc1.I. The minimum atomic E-state index is -3.41. The zero-order valence-corrected chi connectivity index (χ0v) is 19.4. The molecule has 3 N–H and O–H groups in total. The van der Waals surface area contributed by atoms with E-state index in [1.807, 2.05) is 30.3 Å². The minimum Gasteiger partial charge on any atom is -0.492 e. The molecule has 3 rings (SSSR count).